The first-order chi connectivity index (χ1) is 10.7. The SMILES string of the molecule is CC(=O)C(CCC1=CCOC1=O)C(C)C(C)(C)C1=CCOC1=O. The first kappa shape index (κ1) is 17.4. The molecule has 0 saturated heterocycles. The van der Waals surface area contributed by atoms with Crippen molar-refractivity contribution in [2.24, 2.45) is 17.3 Å². The van der Waals surface area contributed by atoms with Crippen molar-refractivity contribution in [3.63, 3.8) is 0 Å². The van der Waals surface area contributed by atoms with Crippen LogP contribution in [0.25, 0.3) is 0 Å². The Balaban J connectivity index is 2.11. The molecule has 2 aliphatic rings. The highest BCUT2D eigenvalue weighted by atomic mass is 16.5. The summed E-state index contributed by atoms with van der Waals surface area (Å²) in [5, 5.41) is 0. The van der Waals surface area contributed by atoms with Crippen LogP contribution in [-0.2, 0) is 23.9 Å². The zero-order valence-corrected chi connectivity index (χ0v) is 14.2. The Morgan fingerprint density at radius 2 is 1.78 bits per heavy atom. The molecular formula is C18H24O5. The lowest BCUT2D eigenvalue weighted by Crippen LogP contribution is -2.35. The van der Waals surface area contributed by atoms with E-state index in [1.165, 1.54) is 0 Å². The van der Waals surface area contributed by atoms with E-state index in [2.05, 4.69) is 0 Å². The lowest BCUT2D eigenvalue weighted by atomic mass is 9.66. The van der Waals surface area contributed by atoms with Gasteiger partial charge in [-0.15, -0.1) is 0 Å². The van der Waals surface area contributed by atoms with Gasteiger partial charge in [-0.25, -0.2) is 9.59 Å². The van der Waals surface area contributed by atoms with Gasteiger partial charge in [0.05, 0.1) is 0 Å². The van der Waals surface area contributed by atoms with Crippen molar-refractivity contribution in [1.29, 1.82) is 0 Å². The van der Waals surface area contributed by atoms with E-state index in [0.717, 1.165) is 0 Å². The summed E-state index contributed by atoms with van der Waals surface area (Å²) >= 11 is 0. The van der Waals surface area contributed by atoms with E-state index in [1.807, 2.05) is 20.8 Å². The molecule has 2 unspecified atom stereocenters. The lowest BCUT2D eigenvalue weighted by Gasteiger charge is -2.36. The van der Waals surface area contributed by atoms with Crippen molar-refractivity contribution < 1.29 is 23.9 Å². The summed E-state index contributed by atoms with van der Waals surface area (Å²) in [4.78, 5) is 35.6. The monoisotopic (exact) mass is 320 g/mol. The fraction of sp³-hybridized carbons (Fsp3) is 0.611. The van der Waals surface area contributed by atoms with Gasteiger partial charge in [0.2, 0.25) is 0 Å². The number of rotatable bonds is 7. The molecule has 5 heteroatoms. The van der Waals surface area contributed by atoms with Gasteiger partial charge in [0.25, 0.3) is 0 Å². The Kier molecular flexibility index (Phi) is 5.07. The number of carbonyl (C=O) groups excluding carboxylic acids is 3. The van der Waals surface area contributed by atoms with E-state index in [1.54, 1.807) is 19.1 Å². The molecule has 0 aromatic heterocycles. The molecule has 0 radical (unpaired) electrons. The van der Waals surface area contributed by atoms with Crippen molar-refractivity contribution >= 4 is 17.7 Å². The highest BCUT2D eigenvalue weighted by Gasteiger charge is 2.41. The molecule has 0 fully saturated rings. The van der Waals surface area contributed by atoms with Gasteiger partial charge in [0, 0.05) is 17.1 Å². The number of Topliss-reactive ketones (excluding diaryl/α,β-unsaturated/α-hetero) is 1. The number of ketones is 1. The number of hydrogen-bond acceptors (Lipinski definition) is 5. The molecule has 0 spiro atoms. The zero-order chi connectivity index (χ0) is 17.2. The molecular weight excluding hydrogens is 296 g/mol. The Morgan fingerprint density at radius 3 is 2.26 bits per heavy atom. The van der Waals surface area contributed by atoms with Crippen molar-refractivity contribution in [2.75, 3.05) is 13.2 Å². The summed E-state index contributed by atoms with van der Waals surface area (Å²) in [6, 6.07) is 0. The predicted molar refractivity (Wildman–Crippen MR) is 84.4 cm³/mol. The lowest BCUT2D eigenvalue weighted by molar-refractivity contribution is -0.138. The first-order valence-electron chi connectivity index (χ1n) is 7.99. The third-order valence-electron chi connectivity index (χ3n) is 5.21. The Bertz CT molecular complexity index is 582. The van der Waals surface area contributed by atoms with Gasteiger partial charge in [-0.1, -0.05) is 20.8 Å². The van der Waals surface area contributed by atoms with Crippen LogP contribution in [0.4, 0.5) is 0 Å². The Hall–Kier alpha value is -1.91. The molecule has 0 aromatic rings. The van der Waals surface area contributed by atoms with E-state index < -0.39 is 5.41 Å². The zero-order valence-electron chi connectivity index (χ0n) is 14.2. The van der Waals surface area contributed by atoms with E-state index in [0.29, 0.717) is 37.2 Å². The number of cyclic esters (lactones) is 2. The number of carbonyl (C=O) groups is 3. The minimum Gasteiger partial charge on any atom is -0.458 e. The maximum absolute atomic E-state index is 12.1. The second-order valence-electron chi connectivity index (χ2n) is 6.81. The minimum atomic E-state index is -0.464. The summed E-state index contributed by atoms with van der Waals surface area (Å²) in [5.74, 6) is -0.791. The second-order valence-corrected chi connectivity index (χ2v) is 6.81. The third-order valence-corrected chi connectivity index (χ3v) is 5.21. The van der Waals surface area contributed by atoms with Crippen LogP contribution in [0.1, 0.15) is 40.5 Å². The molecule has 0 aliphatic carbocycles. The van der Waals surface area contributed by atoms with E-state index in [4.69, 9.17) is 9.47 Å². The van der Waals surface area contributed by atoms with Gasteiger partial charge in [-0.2, -0.15) is 0 Å². The van der Waals surface area contributed by atoms with Crippen molar-refractivity contribution in [3.05, 3.63) is 23.3 Å². The van der Waals surface area contributed by atoms with E-state index >= 15 is 0 Å². The highest BCUT2D eigenvalue weighted by molar-refractivity contribution is 5.92. The topological polar surface area (TPSA) is 69.7 Å². The smallest absolute Gasteiger partial charge is 0.334 e. The van der Waals surface area contributed by atoms with Crippen LogP contribution < -0.4 is 0 Å². The van der Waals surface area contributed by atoms with Crippen LogP contribution in [0.5, 0.6) is 0 Å². The maximum atomic E-state index is 12.1. The number of ether oxygens (including phenoxy) is 2. The molecule has 0 bridgehead atoms. The van der Waals surface area contributed by atoms with E-state index in [-0.39, 0.29) is 29.6 Å². The van der Waals surface area contributed by atoms with Crippen molar-refractivity contribution in [2.45, 2.75) is 40.5 Å². The van der Waals surface area contributed by atoms with Crippen LogP contribution in [0, 0.1) is 17.3 Å². The first-order valence-corrected chi connectivity index (χ1v) is 7.99. The molecule has 2 heterocycles. The maximum Gasteiger partial charge on any atom is 0.334 e. The highest BCUT2D eigenvalue weighted by Crippen LogP contribution is 2.43. The predicted octanol–water partition coefficient (Wildman–Crippen LogP) is 2.60. The standard InChI is InChI=1S/C18H24O5/c1-11(18(3,4)15-8-10-23-17(15)21)14(12(2)19)6-5-13-7-9-22-16(13)20/h7-8,11,14H,5-6,9-10H2,1-4H3. The second kappa shape index (κ2) is 6.69. The van der Waals surface area contributed by atoms with Crippen LogP contribution in [-0.4, -0.2) is 30.9 Å². The van der Waals surface area contributed by atoms with Crippen molar-refractivity contribution in [3.8, 4) is 0 Å². The van der Waals surface area contributed by atoms with Crippen LogP contribution in [0.3, 0.4) is 0 Å². The number of esters is 2. The summed E-state index contributed by atoms with van der Waals surface area (Å²) in [7, 11) is 0. The van der Waals surface area contributed by atoms with Gasteiger partial charge in [-0.3, -0.25) is 4.79 Å². The van der Waals surface area contributed by atoms with Crippen LogP contribution >= 0.6 is 0 Å². The molecule has 2 atom stereocenters. The normalized spacial score (nSPS) is 20.5. The van der Waals surface area contributed by atoms with Gasteiger partial charge in [-0.05, 0) is 43.3 Å². The summed E-state index contributed by atoms with van der Waals surface area (Å²) < 4.78 is 9.91. The number of hydrogen-bond donors (Lipinski definition) is 0. The molecule has 0 aromatic carbocycles. The molecule has 2 rings (SSSR count). The minimum absolute atomic E-state index is 0.0464. The summed E-state index contributed by atoms with van der Waals surface area (Å²) in [6.45, 7) is 8.11. The summed E-state index contributed by atoms with van der Waals surface area (Å²) in [6.07, 6.45) is 4.66. The van der Waals surface area contributed by atoms with Gasteiger partial charge >= 0.3 is 11.9 Å². The Morgan fingerprint density at radius 1 is 1.17 bits per heavy atom. The molecule has 0 saturated carbocycles. The van der Waals surface area contributed by atoms with Gasteiger partial charge in [0.15, 0.2) is 0 Å². The fourth-order valence-electron chi connectivity index (χ4n) is 3.35. The largest absolute Gasteiger partial charge is 0.458 e. The van der Waals surface area contributed by atoms with Crippen LogP contribution in [0.15, 0.2) is 23.3 Å². The molecule has 5 nitrogen and oxygen atoms in total. The average molecular weight is 320 g/mol. The molecule has 2 aliphatic heterocycles. The third kappa shape index (κ3) is 3.54. The van der Waals surface area contributed by atoms with E-state index in [9.17, 15) is 14.4 Å². The molecule has 23 heavy (non-hydrogen) atoms. The molecule has 0 amide bonds. The molecule has 0 N–H and O–H groups in total. The quantitative estimate of drug-likeness (QED) is 0.674. The van der Waals surface area contributed by atoms with Crippen LogP contribution in [0.2, 0.25) is 0 Å². The van der Waals surface area contributed by atoms with Gasteiger partial charge < -0.3 is 9.47 Å². The fourth-order valence-corrected chi connectivity index (χ4v) is 3.35. The summed E-state index contributed by atoms with van der Waals surface area (Å²) in [5.41, 5.74) is 0.811. The van der Waals surface area contributed by atoms with Crippen molar-refractivity contribution in [1.82, 2.24) is 0 Å². The van der Waals surface area contributed by atoms with Gasteiger partial charge in [0.1, 0.15) is 19.0 Å². The molecule has 126 valence electrons. The average Bonchev–Trinajstić information content (AvgIpc) is 3.07. The Labute approximate surface area is 136 Å².